The van der Waals surface area contributed by atoms with E-state index in [0.29, 0.717) is 6.42 Å². The van der Waals surface area contributed by atoms with Gasteiger partial charge in [-0.2, -0.15) is 0 Å². The molecule has 1 heterocycles. The summed E-state index contributed by atoms with van der Waals surface area (Å²) in [6.45, 7) is 5.22. The average Bonchev–Trinajstić information content (AvgIpc) is 3.35. The average molecular weight is 497 g/mol. The number of benzene rings is 2. The molecule has 9 heteroatoms. The quantitative estimate of drug-likeness (QED) is 0.595. The van der Waals surface area contributed by atoms with Crippen LogP contribution in [0.5, 0.6) is 0 Å². The zero-order valence-electron chi connectivity index (χ0n) is 20.7. The van der Waals surface area contributed by atoms with E-state index in [1.807, 2.05) is 36.4 Å². The third-order valence-electron chi connectivity index (χ3n) is 6.24. The van der Waals surface area contributed by atoms with Crippen molar-refractivity contribution in [3.8, 4) is 11.1 Å². The fourth-order valence-electron chi connectivity index (χ4n) is 4.84. The highest BCUT2D eigenvalue weighted by Crippen LogP contribution is 2.44. The molecule has 0 unspecified atom stereocenters. The molecule has 1 aliphatic heterocycles. The van der Waals surface area contributed by atoms with Gasteiger partial charge in [-0.1, -0.05) is 48.5 Å². The van der Waals surface area contributed by atoms with E-state index in [-0.39, 0.29) is 31.7 Å². The second-order valence-corrected chi connectivity index (χ2v) is 10.1. The summed E-state index contributed by atoms with van der Waals surface area (Å²) in [5.74, 6) is -1.18. The maximum atomic E-state index is 13.2. The number of carbonyl (C=O) groups excluding carboxylic acids is 2. The van der Waals surface area contributed by atoms with Crippen LogP contribution in [0.15, 0.2) is 48.5 Å². The first-order valence-electron chi connectivity index (χ1n) is 12.0. The largest absolute Gasteiger partial charge is 0.480 e. The van der Waals surface area contributed by atoms with Gasteiger partial charge in [0.1, 0.15) is 18.8 Å². The Labute approximate surface area is 210 Å². The van der Waals surface area contributed by atoms with Crippen LogP contribution in [0, 0.1) is 0 Å². The number of carboxylic acids is 1. The Kier molecular flexibility index (Phi) is 7.49. The lowest BCUT2D eigenvalue weighted by atomic mass is 9.98. The maximum absolute atomic E-state index is 13.2. The first-order valence-corrected chi connectivity index (χ1v) is 12.0. The SMILES string of the molecule is CC(C)(C)OC(=O)N[C@@H]1C[C@@H](COCC(=O)O)N(C(=O)OCC2c3ccccc3-c3ccccc32)C1. The minimum Gasteiger partial charge on any atom is -0.480 e. The van der Waals surface area contributed by atoms with Crippen molar-refractivity contribution in [1.29, 1.82) is 0 Å². The number of amides is 2. The Morgan fingerprint density at radius 2 is 1.61 bits per heavy atom. The second-order valence-electron chi connectivity index (χ2n) is 10.1. The summed E-state index contributed by atoms with van der Waals surface area (Å²) in [4.78, 5) is 37.8. The van der Waals surface area contributed by atoms with Crippen LogP contribution in [0.4, 0.5) is 9.59 Å². The first kappa shape index (κ1) is 25.5. The van der Waals surface area contributed by atoms with Crippen LogP contribution in [0.3, 0.4) is 0 Å². The standard InChI is InChI=1S/C27H32N2O7/c1-27(2,3)36-25(32)28-17-12-18(14-34-16-24(30)31)29(13-17)26(33)35-15-23-21-10-6-4-8-19(21)20-9-5-7-11-22(20)23/h4-11,17-18,23H,12-16H2,1-3H3,(H,28,32)(H,30,31)/t17-,18+/m1/s1. The van der Waals surface area contributed by atoms with E-state index in [9.17, 15) is 14.4 Å². The number of carboxylic acid groups (broad SMARTS) is 1. The third kappa shape index (κ3) is 5.96. The minimum absolute atomic E-state index is 0.0169. The number of hydrogen-bond acceptors (Lipinski definition) is 6. The number of nitrogens with one attached hydrogen (secondary N) is 1. The summed E-state index contributed by atoms with van der Waals surface area (Å²) in [6.07, 6.45) is -0.718. The van der Waals surface area contributed by atoms with E-state index in [1.165, 1.54) is 4.90 Å². The van der Waals surface area contributed by atoms with Gasteiger partial charge in [-0.15, -0.1) is 0 Å². The minimum atomic E-state index is -1.09. The Balaban J connectivity index is 1.43. The van der Waals surface area contributed by atoms with Crippen LogP contribution in [0.25, 0.3) is 11.1 Å². The third-order valence-corrected chi connectivity index (χ3v) is 6.24. The molecule has 0 spiro atoms. The van der Waals surface area contributed by atoms with Gasteiger partial charge in [0.2, 0.25) is 0 Å². The Bertz CT molecular complexity index is 1080. The van der Waals surface area contributed by atoms with E-state index in [0.717, 1.165) is 22.3 Å². The highest BCUT2D eigenvalue weighted by Gasteiger charge is 2.38. The lowest BCUT2D eigenvalue weighted by molar-refractivity contribution is -0.142. The van der Waals surface area contributed by atoms with Crippen molar-refractivity contribution in [1.82, 2.24) is 10.2 Å². The topological polar surface area (TPSA) is 114 Å². The van der Waals surface area contributed by atoms with Gasteiger partial charge in [0.05, 0.1) is 18.7 Å². The normalized spacial score (nSPS) is 18.9. The summed E-state index contributed by atoms with van der Waals surface area (Å²) in [7, 11) is 0. The van der Waals surface area contributed by atoms with Crippen LogP contribution in [0.1, 0.15) is 44.2 Å². The maximum Gasteiger partial charge on any atom is 0.410 e. The van der Waals surface area contributed by atoms with E-state index in [4.69, 9.17) is 19.3 Å². The predicted octanol–water partition coefficient (Wildman–Crippen LogP) is 4.00. The lowest BCUT2D eigenvalue weighted by Crippen LogP contribution is -2.42. The van der Waals surface area contributed by atoms with Gasteiger partial charge in [-0.3, -0.25) is 0 Å². The van der Waals surface area contributed by atoms with Crippen LogP contribution >= 0.6 is 0 Å². The monoisotopic (exact) mass is 496 g/mol. The predicted molar refractivity (Wildman–Crippen MR) is 132 cm³/mol. The number of alkyl carbamates (subject to hydrolysis) is 1. The van der Waals surface area contributed by atoms with Crippen LogP contribution < -0.4 is 5.32 Å². The molecule has 2 aromatic rings. The van der Waals surface area contributed by atoms with Crippen LogP contribution in [-0.4, -0.2) is 72.2 Å². The van der Waals surface area contributed by atoms with Gasteiger partial charge < -0.3 is 29.5 Å². The van der Waals surface area contributed by atoms with E-state index in [2.05, 4.69) is 17.4 Å². The molecule has 192 valence electrons. The van der Waals surface area contributed by atoms with Gasteiger partial charge in [-0.25, -0.2) is 14.4 Å². The van der Waals surface area contributed by atoms with E-state index in [1.54, 1.807) is 20.8 Å². The molecule has 2 amide bonds. The van der Waals surface area contributed by atoms with Crippen molar-refractivity contribution < 1.29 is 33.7 Å². The molecular formula is C27H32N2O7. The summed E-state index contributed by atoms with van der Waals surface area (Å²) < 4.78 is 16.4. The number of carbonyl (C=O) groups is 3. The Morgan fingerprint density at radius 3 is 2.19 bits per heavy atom. The van der Waals surface area contributed by atoms with Gasteiger partial charge >= 0.3 is 18.2 Å². The van der Waals surface area contributed by atoms with Crippen molar-refractivity contribution in [3.05, 3.63) is 59.7 Å². The highest BCUT2D eigenvalue weighted by atomic mass is 16.6. The smallest absolute Gasteiger partial charge is 0.410 e. The molecule has 1 saturated heterocycles. The molecule has 0 saturated carbocycles. The molecule has 2 aliphatic rings. The van der Waals surface area contributed by atoms with E-state index >= 15 is 0 Å². The summed E-state index contributed by atoms with van der Waals surface area (Å²) in [5.41, 5.74) is 3.84. The molecule has 0 radical (unpaired) electrons. The fraction of sp³-hybridized carbons (Fsp3) is 0.444. The van der Waals surface area contributed by atoms with Crippen molar-refractivity contribution in [2.24, 2.45) is 0 Å². The number of rotatable bonds is 7. The molecule has 0 aromatic heterocycles. The second kappa shape index (κ2) is 10.6. The number of hydrogen-bond donors (Lipinski definition) is 2. The first-order chi connectivity index (χ1) is 17.1. The summed E-state index contributed by atoms with van der Waals surface area (Å²) in [5, 5.41) is 11.7. The summed E-state index contributed by atoms with van der Waals surface area (Å²) >= 11 is 0. The number of ether oxygens (including phenoxy) is 3. The fourth-order valence-corrected chi connectivity index (χ4v) is 4.84. The molecule has 1 aliphatic carbocycles. The number of fused-ring (bicyclic) bond motifs is 3. The molecule has 36 heavy (non-hydrogen) atoms. The molecular weight excluding hydrogens is 464 g/mol. The Morgan fingerprint density at radius 1 is 1.00 bits per heavy atom. The lowest BCUT2D eigenvalue weighted by Gasteiger charge is -2.25. The zero-order chi connectivity index (χ0) is 25.9. The number of aliphatic carboxylic acids is 1. The highest BCUT2D eigenvalue weighted by molar-refractivity contribution is 5.79. The summed E-state index contributed by atoms with van der Waals surface area (Å²) in [6, 6.07) is 15.4. The van der Waals surface area contributed by atoms with Crippen molar-refractivity contribution in [3.63, 3.8) is 0 Å². The van der Waals surface area contributed by atoms with Gasteiger partial charge in [0, 0.05) is 12.5 Å². The van der Waals surface area contributed by atoms with Crippen molar-refractivity contribution in [2.75, 3.05) is 26.4 Å². The molecule has 4 rings (SSSR count). The zero-order valence-corrected chi connectivity index (χ0v) is 20.7. The van der Waals surface area contributed by atoms with Gasteiger partial charge in [0.15, 0.2) is 0 Å². The van der Waals surface area contributed by atoms with Crippen molar-refractivity contribution >= 4 is 18.2 Å². The van der Waals surface area contributed by atoms with Crippen LogP contribution in [0.2, 0.25) is 0 Å². The number of likely N-dealkylation sites (tertiary alicyclic amines) is 1. The number of nitrogens with zero attached hydrogens (tertiary/aromatic N) is 1. The van der Waals surface area contributed by atoms with E-state index < -0.39 is 36.4 Å². The molecule has 9 nitrogen and oxygen atoms in total. The Hall–Kier alpha value is -3.59. The molecule has 2 aromatic carbocycles. The van der Waals surface area contributed by atoms with Gasteiger partial charge in [-0.05, 0) is 49.4 Å². The van der Waals surface area contributed by atoms with Gasteiger partial charge in [0.25, 0.3) is 0 Å². The molecule has 2 atom stereocenters. The van der Waals surface area contributed by atoms with Crippen LogP contribution in [-0.2, 0) is 19.0 Å². The van der Waals surface area contributed by atoms with Crippen molar-refractivity contribution in [2.45, 2.75) is 50.8 Å². The molecule has 2 N–H and O–H groups in total. The molecule has 1 fully saturated rings. The molecule has 0 bridgehead atoms.